The van der Waals surface area contributed by atoms with Gasteiger partial charge in [-0.25, -0.2) is 4.98 Å². The Labute approximate surface area is 151 Å². The molecule has 3 heterocycles. The van der Waals surface area contributed by atoms with Crippen LogP contribution >= 0.6 is 11.3 Å². The second-order valence-corrected chi connectivity index (χ2v) is 8.55. The van der Waals surface area contributed by atoms with Crippen molar-refractivity contribution < 1.29 is 4.79 Å². The number of carbonyl (C=O) groups is 1. The summed E-state index contributed by atoms with van der Waals surface area (Å²) in [6, 6.07) is 0. The molecule has 1 fully saturated rings. The van der Waals surface area contributed by atoms with E-state index in [2.05, 4.69) is 11.9 Å². The van der Waals surface area contributed by atoms with Gasteiger partial charge in [-0.3, -0.25) is 14.2 Å². The monoisotopic (exact) mass is 359 g/mol. The van der Waals surface area contributed by atoms with Gasteiger partial charge in [0.15, 0.2) is 0 Å². The Kier molecular flexibility index (Phi) is 4.63. The van der Waals surface area contributed by atoms with Gasteiger partial charge in [0.2, 0.25) is 5.91 Å². The van der Waals surface area contributed by atoms with Crippen LogP contribution in [0.2, 0.25) is 0 Å². The van der Waals surface area contributed by atoms with Crippen LogP contribution < -0.4 is 5.56 Å². The Morgan fingerprint density at radius 1 is 1.32 bits per heavy atom. The predicted octanol–water partition coefficient (Wildman–Crippen LogP) is 2.99. The molecule has 0 saturated carbocycles. The summed E-state index contributed by atoms with van der Waals surface area (Å²) < 4.78 is 1.63. The zero-order valence-electron chi connectivity index (χ0n) is 14.8. The van der Waals surface area contributed by atoms with Crippen LogP contribution in [0, 0.1) is 5.92 Å². The second kappa shape index (κ2) is 6.90. The molecule has 6 heteroatoms. The number of nitrogens with zero attached hydrogens (tertiary/aromatic N) is 3. The maximum Gasteiger partial charge on any atom is 0.262 e. The average Bonchev–Trinajstić information content (AvgIpc) is 3.00. The van der Waals surface area contributed by atoms with Crippen molar-refractivity contribution in [2.24, 2.45) is 5.92 Å². The van der Waals surface area contributed by atoms with Gasteiger partial charge < -0.3 is 4.90 Å². The number of hydrogen-bond donors (Lipinski definition) is 0. The highest BCUT2D eigenvalue weighted by atomic mass is 32.1. The third-order valence-corrected chi connectivity index (χ3v) is 6.72. The zero-order valence-corrected chi connectivity index (χ0v) is 15.6. The van der Waals surface area contributed by atoms with Gasteiger partial charge in [0.25, 0.3) is 5.56 Å². The van der Waals surface area contributed by atoms with Crippen molar-refractivity contribution >= 4 is 27.5 Å². The lowest BCUT2D eigenvalue weighted by Gasteiger charge is -2.31. The molecule has 1 saturated heterocycles. The number of hydrogen-bond acceptors (Lipinski definition) is 4. The van der Waals surface area contributed by atoms with Crippen LogP contribution in [0.1, 0.15) is 49.5 Å². The van der Waals surface area contributed by atoms with Gasteiger partial charge in [-0.2, -0.15) is 0 Å². The Hall–Kier alpha value is -1.69. The fraction of sp³-hybridized carbons (Fsp3) is 0.632. The average molecular weight is 359 g/mol. The minimum atomic E-state index is 0.0317. The van der Waals surface area contributed by atoms with Gasteiger partial charge in [0.1, 0.15) is 4.83 Å². The van der Waals surface area contributed by atoms with Gasteiger partial charge in [0, 0.05) is 30.9 Å². The number of amides is 1. The molecule has 2 aliphatic rings. The van der Waals surface area contributed by atoms with Crippen LogP contribution in [0.4, 0.5) is 0 Å². The Balaban J connectivity index is 1.53. The number of aromatic nitrogens is 2. The Morgan fingerprint density at radius 3 is 3.00 bits per heavy atom. The van der Waals surface area contributed by atoms with Crippen LogP contribution in [0.15, 0.2) is 11.1 Å². The fourth-order valence-corrected chi connectivity index (χ4v) is 5.35. The molecule has 1 aliphatic carbocycles. The van der Waals surface area contributed by atoms with Crippen LogP contribution in [0.3, 0.4) is 0 Å². The van der Waals surface area contributed by atoms with E-state index in [0.717, 1.165) is 49.0 Å². The molecule has 2 aromatic heterocycles. The number of thiophene rings is 1. The molecule has 1 aliphatic heterocycles. The molecule has 1 unspecified atom stereocenters. The zero-order chi connectivity index (χ0) is 17.4. The van der Waals surface area contributed by atoms with Crippen LogP contribution in [0.5, 0.6) is 0 Å². The number of piperidine rings is 1. The van der Waals surface area contributed by atoms with Gasteiger partial charge in [-0.1, -0.05) is 6.92 Å². The summed E-state index contributed by atoms with van der Waals surface area (Å²) in [5.41, 5.74) is 1.25. The molecular weight excluding hydrogens is 334 g/mol. The van der Waals surface area contributed by atoms with Gasteiger partial charge >= 0.3 is 0 Å². The molecule has 0 spiro atoms. The largest absolute Gasteiger partial charge is 0.342 e. The van der Waals surface area contributed by atoms with E-state index < -0.39 is 0 Å². The fourth-order valence-electron chi connectivity index (χ4n) is 4.13. The molecule has 2 aromatic rings. The summed E-state index contributed by atoms with van der Waals surface area (Å²) in [5, 5.41) is 0.807. The van der Waals surface area contributed by atoms with E-state index in [0.29, 0.717) is 18.9 Å². The molecule has 5 nitrogen and oxygen atoms in total. The van der Waals surface area contributed by atoms with E-state index in [-0.39, 0.29) is 11.5 Å². The topological polar surface area (TPSA) is 55.2 Å². The van der Waals surface area contributed by atoms with Crippen molar-refractivity contribution in [3.63, 3.8) is 0 Å². The molecule has 0 N–H and O–H groups in total. The smallest absolute Gasteiger partial charge is 0.262 e. The van der Waals surface area contributed by atoms with Crippen molar-refractivity contribution in [1.82, 2.24) is 14.5 Å². The lowest BCUT2D eigenvalue weighted by Crippen LogP contribution is -2.39. The molecule has 1 amide bonds. The third-order valence-electron chi connectivity index (χ3n) is 5.52. The van der Waals surface area contributed by atoms with Crippen molar-refractivity contribution in [1.29, 1.82) is 0 Å². The van der Waals surface area contributed by atoms with E-state index in [1.807, 2.05) is 4.90 Å². The summed E-state index contributed by atoms with van der Waals surface area (Å²) in [4.78, 5) is 34.0. The van der Waals surface area contributed by atoms with Crippen LogP contribution in [0.25, 0.3) is 10.2 Å². The highest BCUT2D eigenvalue weighted by Gasteiger charge is 2.22. The van der Waals surface area contributed by atoms with E-state index in [4.69, 9.17) is 0 Å². The number of aryl methyl sites for hydroxylation is 3. The Morgan fingerprint density at radius 2 is 2.16 bits per heavy atom. The van der Waals surface area contributed by atoms with Crippen LogP contribution in [-0.4, -0.2) is 33.4 Å². The Bertz CT molecular complexity index is 854. The quantitative estimate of drug-likeness (QED) is 0.846. The van der Waals surface area contributed by atoms with Gasteiger partial charge in [0.05, 0.1) is 11.7 Å². The standard InChI is InChI=1S/C19H25N3O2S/c1-13-5-4-9-21(11-13)16(23)8-10-22-12-20-18-17(19(22)24)14-6-2-3-7-15(14)25-18/h12-13H,2-11H2,1H3. The lowest BCUT2D eigenvalue weighted by atomic mass is 9.97. The third kappa shape index (κ3) is 3.24. The first kappa shape index (κ1) is 16.8. The minimum Gasteiger partial charge on any atom is -0.342 e. The molecule has 134 valence electrons. The van der Waals surface area contributed by atoms with Crippen molar-refractivity contribution in [2.45, 2.75) is 58.4 Å². The summed E-state index contributed by atoms with van der Waals surface area (Å²) in [7, 11) is 0. The van der Waals surface area contributed by atoms with Crippen molar-refractivity contribution in [3.8, 4) is 0 Å². The normalized spacial score (nSPS) is 20.7. The highest BCUT2D eigenvalue weighted by molar-refractivity contribution is 7.18. The van der Waals surface area contributed by atoms with Crippen LogP contribution in [-0.2, 0) is 24.2 Å². The molecular formula is C19H25N3O2S. The first-order valence-corrected chi connectivity index (χ1v) is 10.2. The number of fused-ring (bicyclic) bond motifs is 3. The molecule has 0 aromatic carbocycles. The molecule has 0 bridgehead atoms. The van der Waals surface area contributed by atoms with E-state index >= 15 is 0 Å². The molecule has 0 radical (unpaired) electrons. The highest BCUT2D eigenvalue weighted by Crippen LogP contribution is 2.33. The maximum absolute atomic E-state index is 12.9. The molecule has 25 heavy (non-hydrogen) atoms. The van der Waals surface area contributed by atoms with Crippen molar-refractivity contribution in [2.75, 3.05) is 13.1 Å². The van der Waals surface area contributed by atoms with E-state index in [1.54, 1.807) is 22.2 Å². The number of likely N-dealkylation sites (tertiary alicyclic amines) is 1. The molecule has 1 atom stereocenters. The number of rotatable bonds is 3. The predicted molar refractivity (Wildman–Crippen MR) is 100 cm³/mol. The van der Waals surface area contributed by atoms with Gasteiger partial charge in [-0.15, -0.1) is 11.3 Å². The maximum atomic E-state index is 12.9. The van der Waals surface area contributed by atoms with E-state index in [1.165, 1.54) is 23.3 Å². The van der Waals surface area contributed by atoms with Crippen molar-refractivity contribution in [3.05, 3.63) is 27.1 Å². The summed E-state index contributed by atoms with van der Waals surface area (Å²) in [6.45, 7) is 4.33. The summed E-state index contributed by atoms with van der Waals surface area (Å²) in [6.07, 6.45) is 8.71. The number of carbonyl (C=O) groups excluding carboxylic acids is 1. The van der Waals surface area contributed by atoms with Gasteiger partial charge in [-0.05, 0) is 50.0 Å². The summed E-state index contributed by atoms with van der Waals surface area (Å²) >= 11 is 1.67. The molecule has 4 rings (SSSR count). The SMILES string of the molecule is CC1CCCN(C(=O)CCn2cnc3sc4c(c3c2=O)CCCC4)C1. The first-order valence-electron chi connectivity index (χ1n) is 9.41. The lowest BCUT2D eigenvalue weighted by molar-refractivity contribution is -0.133. The first-order chi connectivity index (χ1) is 12.1. The minimum absolute atomic E-state index is 0.0317. The van der Waals surface area contributed by atoms with E-state index in [9.17, 15) is 9.59 Å². The summed E-state index contributed by atoms with van der Waals surface area (Å²) in [5.74, 6) is 0.738. The second-order valence-electron chi connectivity index (χ2n) is 7.47.